The maximum absolute atomic E-state index is 12.8. The number of amides is 1. The molecule has 0 spiro atoms. The zero-order chi connectivity index (χ0) is 24.2. The number of rotatable bonds is 8. The molecule has 9 heteroatoms. The molecule has 34 heavy (non-hydrogen) atoms. The first-order valence-electron chi connectivity index (χ1n) is 11.0. The van der Waals surface area contributed by atoms with Gasteiger partial charge >= 0.3 is 0 Å². The van der Waals surface area contributed by atoms with Crippen LogP contribution in [-0.4, -0.2) is 50.1 Å². The predicted octanol–water partition coefficient (Wildman–Crippen LogP) is 3.89. The highest BCUT2D eigenvalue weighted by molar-refractivity contribution is 5.86. The number of methoxy groups -OCH3 is 1. The maximum atomic E-state index is 12.8. The Bertz CT molecular complexity index is 1250. The average Bonchev–Trinajstić information content (AvgIpc) is 3.34. The summed E-state index contributed by atoms with van der Waals surface area (Å²) in [5.41, 5.74) is 0.333. The van der Waals surface area contributed by atoms with E-state index >= 15 is 0 Å². The van der Waals surface area contributed by atoms with E-state index in [0.717, 1.165) is 30.7 Å². The maximum Gasteiger partial charge on any atom is 0.283 e. The van der Waals surface area contributed by atoms with Gasteiger partial charge in [0.2, 0.25) is 0 Å². The van der Waals surface area contributed by atoms with Crippen molar-refractivity contribution < 1.29 is 33.4 Å². The van der Waals surface area contributed by atoms with Gasteiger partial charge in [-0.2, -0.15) is 0 Å². The number of benzene rings is 2. The summed E-state index contributed by atoms with van der Waals surface area (Å²) >= 11 is 0. The first kappa shape index (κ1) is 23.4. The second-order valence-corrected chi connectivity index (χ2v) is 8.04. The molecule has 0 atom stereocenters. The summed E-state index contributed by atoms with van der Waals surface area (Å²) in [6, 6.07) is 9.35. The van der Waals surface area contributed by atoms with E-state index in [2.05, 4.69) is 0 Å². The molecule has 1 heterocycles. The van der Waals surface area contributed by atoms with Gasteiger partial charge < -0.3 is 23.7 Å². The van der Waals surface area contributed by atoms with Crippen molar-refractivity contribution in [3.8, 4) is 34.3 Å². The number of carbonyl (C=O) groups excluding carboxylic acids is 1. The van der Waals surface area contributed by atoms with Gasteiger partial charge in [-0.15, -0.1) is 0 Å². The quantitative estimate of drug-likeness (QED) is 0.495. The number of phenols is 1. The van der Waals surface area contributed by atoms with E-state index in [1.807, 2.05) is 0 Å². The van der Waals surface area contributed by atoms with Gasteiger partial charge in [0.1, 0.15) is 28.2 Å². The highest BCUT2D eigenvalue weighted by atomic mass is 16.7. The molecule has 2 aromatic carbocycles. The summed E-state index contributed by atoms with van der Waals surface area (Å²) in [6.45, 7) is -0.320. The smallest absolute Gasteiger partial charge is 0.283 e. The molecule has 0 aliphatic heterocycles. The summed E-state index contributed by atoms with van der Waals surface area (Å²) in [7, 11) is 4.39. The van der Waals surface area contributed by atoms with Crippen molar-refractivity contribution in [2.75, 3.05) is 27.9 Å². The fraction of sp³-hybridized carbons (Fsp3) is 0.360. The van der Waals surface area contributed by atoms with Crippen LogP contribution in [0.25, 0.3) is 22.3 Å². The van der Waals surface area contributed by atoms with Crippen LogP contribution in [0.3, 0.4) is 0 Å². The Hall–Kier alpha value is -3.72. The summed E-state index contributed by atoms with van der Waals surface area (Å²) < 4.78 is 23.0. The first-order chi connectivity index (χ1) is 16.4. The normalized spacial score (nSPS) is 13.7. The summed E-state index contributed by atoms with van der Waals surface area (Å²) in [6.07, 6.45) is 4.37. The zero-order valence-electron chi connectivity index (χ0n) is 19.3. The molecule has 0 bridgehead atoms. The number of aromatic hydroxyl groups is 1. The Balaban J connectivity index is 1.68. The number of likely N-dealkylation sites (N-methyl/N-ethyl adjacent to an activating group) is 1. The van der Waals surface area contributed by atoms with Crippen LogP contribution in [0.5, 0.6) is 23.0 Å². The lowest BCUT2D eigenvalue weighted by Gasteiger charge is -2.17. The van der Waals surface area contributed by atoms with Crippen LogP contribution in [0.1, 0.15) is 25.7 Å². The van der Waals surface area contributed by atoms with Gasteiger partial charge in [0.05, 0.1) is 20.3 Å². The molecule has 0 saturated heterocycles. The summed E-state index contributed by atoms with van der Waals surface area (Å²) in [4.78, 5) is 29.5. The molecule has 9 nitrogen and oxygen atoms in total. The second-order valence-electron chi connectivity index (χ2n) is 8.04. The molecule has 3 aromatic rings. The van der Waals surface area contributed by atoms with E-state index in [-0.39, 0.29) is 35.2 Å². The van der Waals surface area contributed by atoms with Crippen LogP contribution in [0.15, 0.2) is 45.6 Å². The largest absolute Gasteiger partial charge is 0.507 e. The zero-order valence-corrected chi connectivity index (χ0v) is 19.3. The van der Waals surface area contributed by atoms with Gasteiger partial charge in [0.15, 0.2) is 23.5 Å². The Morgan fingerprint density at radius 3 is 2.59 bits per heavy atom. The van der Waals surface area contributed by atoms with E-state index in [4.69, 9.17) is 23.5 Å². The molecule has 180 valence electrons. The van der Waals surface area contributed by atoms with E-state index in [0.29, 0.717) is 22.8 Å². The number of fused-ring (bicyclic) bond motifs is 1. The highest BCUT2D eigenvalue weighted by Crippen LogP contribution is 2.37. The number of carbonyl (C=O) groups is 1. The minimum atomic E-state index is -0.426. The fourth-order valence-electron chi connectivity index (χ4n) is 3.91. The van der Waals surface area contributed by atoms with E-state index in [1.165, 1.54) is 32.4 Å². The minimum Gasteiger partial charge on any atom is -0.507 e. The van der Waals surface area contributed by atoms with Gasteiger partial charge in [-0.1, -0.05) is 0 Å². The van der Waals surface area contributed by atoms with Crippen molar-refractivity contribution in [3.63, 3.8) is 0 Å². The number of hydrogen-bond donors (Lipinski definition) is 1. The van der Waals surface area contributed by atoms with Gasteiger partial charge in [0.25, 0.3) is 5.91 Å². The molecule has 4 rings (SSSR count). The fourth-order valence-corrected chi connectivity index (χ4v) is 3.91. The monoisotopic (exact) mass is 469 g/mol. The van der Waals surface area contributed by atoms with Gasteiger partial charge in [-0.05, 0) is 43.9 Å². The topological polar surface area (TPSA) is 108 Å². The molecular weight excluding hydrogens is 442 g/mol. The van der Waals surface area contributed by atoms with Crippen molar-refractivity contribution in [3.05, 3.63) is 46.6 Å². The second kappa shape index (κ2) is 10.0. The number of phenolic OH excluding ortho intramolecular Hbond substituents is 1. The molecule has 1 saturated carbocycles. The van der Waals surface area contributed by atoms with Crippen molar-refractivity contribution in [1.82, 2.24) is 5.06 Å². The van der Waals surface area contributed by atoms with Crippen LogP contribution >= 0.6 is 0 Å². The molecular formula is C25H27NO8. The van der Waals surface area contributed by atoms with Crippen molar-refractivity contribution in [1.29, 1.82) is 0 Å². The SMILES string of the molecule is COc1ccc(-c2cc(=O)c3c(O)cc(OCC(=O)N(C)OC)cc3o2)cc1OC1CCCC1. The Morgan fingerprint density at radius 1 is 1.12 bits per heavy atom. The third-order valence-electron chi connectivity index (χ3n) is 5.81. The van der Waals surface area contributed by atoms with Crippen molar-refractivity contribution in [2.45, 2.75) is 31.8 Å². The third-order valence-corrected chi connectivity index (χ3v) is 5.81. The van der Waals surface area contributed by atoms with Crippen molar-refractivity contribution >= 4 is 16.9 Å². The average molecular weight is 469 g/mol. The lowest BCUT2D eigenvalue weighted by molar-refractivity contribution is -0.170. The predicted molar refractivity (Wildman–Crippen MR) is 124 cm³/mol. The van der Waals surface area contributed by atoms with Gasteiger partial charge in [-0.25, -0.2) is 5.06 Å². The van der Waals surface area contributed by atoms with Crippen LogP contribution in [0.2, 0.25) is 0 Å². The lowest BCUT2D eigenvalue weighted by atomic mass is 10.1. The minimum absolute atomic E-state index is 0.0207. The molecule has 1 aliphatic carbocycles. The number of ether oxygens (including phenoxy) is 3. The highest BCUT2D eigenvalue weighted by Gasteiger charge is 2.20. The molecule has 0 radical (unpaired) electrons. The van der Waals surface area contributed by atoms with E-state index in [1.54, 1.807) is 25.3 Å². The Kier molecular flexibility index (Phi) is 6.93. The van der Waals surface area contributed by atoms with Gasteiger partial charge in [-0.3, -0.25) is 14.4 Å². The molecule has 1 N–H and O–H groups in total. The number of nitrogens with zero attached hydrogens (tertiary/aromatic N) is 1. The lowest BCUT2D eigenvalue weighted by Crippen LogP contribution is -2.30. The van der Waals surface area contributed by atoms with Crippen LogP contribution in [0.4, 0.5) is 0 Å². The van der Waals surface area contributed by atoms with E-state index in [9.17, 15) is 14.7 Å². The summed E-state index contributed by atoms with van der Waals surface area (Å²) in [5.74, 6) is 0.908. The number of hydrogen-bond acceptors (Lipinski definition) is 8. The Labute approximate surface area is 196 Å². The first-order valence-corrected chi connectivity index (χ1v) is 11.0. The van der Waals surface area contributed by atoms with Crippen LogP contribution in [-0.2, 0) is 9.63 Å². The molecule has 1 amide bonds. The molecule has 0 unspecified atom stereocenters. The van der Waals surface area contributed by atoms with Crippen molar-refractivity contribution in [2.24, 2.45) is 0 Å². The standard InChI is InChI=1S/C25H27NO8/c1-26(31-3)24(29)14-32-17-11-18(27)25-19(28)13-21(34-23(25)12-17)15-8-9-20(30-2)22(10-15)33-16-6-4-5-7-16/h8-13,16,27H,4-7,14H2,1-3H3. The van der Waals surface area contributed by atoms with Crippen LogP contribution < -0.4 is 19.6 Å². The number of hydroxylamine groups is 2. The van der Waals surface area contributed by atoms with Crippen LogP contribution in [0, 0.1) is 0 Å². The third kappa shape index (κ3) is 4.94. The Morgan fingerprint density at radius 2 is 1.88 bits per heavy atom. The molecule has 1 fully saturated rings. The summed E-state index contributed by atoms with van der Waals surface area (Å²) in [5, 5.41) is 11.4. The van der Waals surface area contributed by atoms with Gasteiger partial charge in [0, 0.05) is 30.8 Å². The molecule has 1 aliphatic rings. The molecule has 1 aromatic heterocycles. The van der Waals surface area contributed by atoms with E-state index < -0.39 is 11.3 Å².